The van der Waals surface area contributed by atoms with Crippen molar-refractivity contribution in [3.05, 3.63) is 36.5 Å². The standard InChI is InChI=1S/C55H102O5/c1-4-7-10-13-16-19-22-25-27-29-32-35-38-41-44-47-50-58-53(51-59-54(56)48-45-42-39-36-33-30-24-21-18-15-12-9-6-3)52-60-55(57)49-46-43-40-37-34-31-28-26-23-20-17-14-11-8-5-2/h17,20,26,28,34,37,53H,4-16,18-19,21-25,27,29-33,35-36,38-52H2,1-3H3/b20-17-,28-26-,37-34-/t53-/m0/s1. The SMILES string of the molecule is CCCCC/C=C\C/C=C\C/C=C\CCCCC(=O)OC[C@H](COC(=O)CCCCCCCCCCCCCCC)OCCCCCCCCCCCCCCCCCC. The fourth-order valence-corrected chi connectivity index (χ4v) is 7.67. The lowest BCUT2D eigenvalue weighted by Crippen LogP contribution is -2.29. The molecule has 0 aliphatic carbocycles. The predicted octanol–water partition coefficient (Wildman–Crippen LogP) is 17.8. The summed E-state index contributed by atoms with van der Waals surface area (Å²) in [4.78, 5) is 25.2. The van der Waals surface area contributed by atoms with E-state index in [2.05, 4.69) is 57.2 Å². The first-order valence-corrected chi connectivity index (χ1v) is 26.5. The van der Waals surface area contributed by atoms with E-state index in [-0.39, 0.29) is 25.2 Å². The second kappa shape index (κ2) is 51.5. The number of ether oxygens (including phenoxy) is 3. The third-order valence-corrected chi connectivity index (χ3v) is 11.7. The predicted molar refractivity (Wildman–Crippen MR) is 261 cm³/mol. The van der Waals surface area contributed by atoms with Crippen LogP contribution in [-0.4, -0.2) is 37.9 Å². The smallest absolute Gasteiger partial charge is 0.305 e. The summed E-state index contributed by atoms with van der Waals surface area (Å²) in [5, 5.41) is 0. The van der Waals surface area contributed by atoms with Gasteiger partial charge in [-0.15, -0.1) is 0 Å². The van der Waals surface area contributed by atoms with Crippen LogP contribution in [0.25, 0.3) is 0 Å². The number of allylic oxidation sites excluding steroid dienone is 6. The highest BCUT2D eigenvalue weighted by molar-refractivity contribution is 5.69. The topological polar surface area (TPSA) is 61.8 Å². The minimum absolute atomic E-state index is 0.143. The van der Waals surface area contributed by atoms with E-state index < -0.39 is 6.10 Å². The Labute approximate surface area is 374 Å². The third-order valence-electron chi connectivity index (χ3n) is 11.7. The van der Waals surface area contributed by atoms with E-state index in [1.165, 1.54) is 186 Å². The summed E-state index contributed by atoms with van der Waals surface area (Å²) in [6.45, 7) is 7.70. The number of unbranched alkanes of at least 4 members (excludes halogenated alkanes) is 32. The van der Waals surface area contributed by atoms with Crippen molar-refractivity contribution in [2.75, 3.05) is 19.8 Å². The van der Waals surface area contributed by atoms with Gasteiger partial charge in [-0.1, -0.05) is 243 Å². The Bertz CT molecular complexity index is 955. The molecule has 5 heteroatoms. The van der Waals surface area contributed by atoms with Gasteiger partial charge in [-0.25, -0.2) is 0 Å². The highest BCUT2D eigenvalue weighted by Gasteiger charge is 2.16. The Morgan fingerprint density at radius 2 is 0.633 bits per heavy atom. The average molecular weight is 843 g/mol. The molecular formula is C55H102O5. The van der Waals surface area contributed by atoms with Crippen molar-refractivity contribution in [2.24, 2.45) is 0 Å². The van der Waals surface area contributed by atoms with Crippen LogP contribution < -0.4 is 0 Å². The highest BCUT2D eigenvalue weighted by Crippen LogP contribution is 2.16. The summed E-state index contributed by atoms with van der Waals surface area (Å²) in [7, 11) is 0. The number of rotatable bonds is 49. The average Bonchev–Trinajstić information content (AvgIpc) is 3.25. The first kappa shape index (κ1) is 58.1. The van der Waals surface area contributed by atoms with Crippen molar-refractivity contribution in [3.8, 4) is 0 Å². The molecule has 0 rings (SSSR count). The largest absolute Gasteiger partial charge is 0.463 e. The van der Waals surface area contributed by atoms with Gasteiger partial charge in [0, 0.05) is 19.4 Å². The third kappa shape index (κ3) is 48.8. The molecule has 0 amide bonds. The van der Waals surface area contributed by atoms with Crippen molar-refractivity contribution in [2.45, 2.75) is 284 Å². The summed E-state index contributed by atoms with van der Waals surface area (Å²) >= 11 is 0. The van der Waals surface area contributed by atoms with Gasteiger partial charge in [-0.05, 0) is 57.8 Å². The Hall–Kier alpha value is -1.88. The molecule has 60 heavy (non-hydrogen) atoms. The maximum absolute atomic E-state index is 12.6. The van der Waals surface area contributed by atoms with Crippen molar-refractivity contribution < 1.29 is 23.8 Å². The molecule has 0 aromatic carbocycles. The summed E-state index contributed by atoms with van der Waals surface area (Å²) in [5.74, 6) is -0.363. The fraction of sp³-hybridized carbons (Fsp3) is 0.855. The molecule has 0 radical (unpaired) electrons. The molecule has 0 aliphatic rings. The molecule has 0 spiro atoms. The van der Waals surface area contributed by atoms with Gasteiger partial charge in [-0.3, -0.25) is 9.59 Å². The van der Waals surface area contributed by atoms with E-state index in [0.29, 0.717) is 19.4 Å². The molecule has 5 nitrogen and oxygen atoms in total. The molecule has 352 valence electrons. The second-order valence-electron chi connectivity index (χ2n) is 17.8. The summed E-state index contributed by atoms with van der Waals surface area (Å²) in [6.07, 6.45) is 61.7. The van der Waals surface area contributed by atoms with E-state index >= 15 is 0 Å². The van der Waals surface area contributed by atoms with Crippen molar-refractivity contribution in [3.63, 3.8) is 0 Å². The van der Waals surface area contributed by atoms with Crippen LogP contribution in [0, 0.1) is 0 Å². The first-order valence-electron chi connectivity index (χ1n) is 26.5. The minimum atomic E-state index is -0.409. The van der Waals surface area contributed by atoms with Gasteiger partial charge in [0.2, 0.25) is 0 Å². The quantitative estimate of drug-likeness (QED) is 0.0347. The lowest BCUT2D eigenvalue weighted by molar-refractivity contribution is -0.155. The normalized spacial score (nSPS) is 12.4. The zero-order valence-electron chi connectivity index (χ0n) is 40.5. The monoisotopic (exact) mass is 843 g/mol. The van der Waals surface area contributed by atoms with E-state index in [1.807, 2.05) is 0 Å². The summed E-state index contributed by atoms with van der Waals surface area (Å²) in [6, 6.07) is 0. The van der Waals surface area contributed by atoms with E-state index in [9.17, 15) is 9.59 Å². The van der Waals surface area contributed by atoms with Crippen LogP contribution in [0.15, 0.2) is 36.5 Å². The Morgan fingerprint density at radius 3 is 1.02 bits per heavy atom. The summed E-state index contributed by atoms with van der Waals surface area (Å²) in [5.41, 5.74) is 0. The molecule has 0 bridgehead atoms. The maximum atomic E-state index is 12.6. The number of carbonyl (C=O) groups is 2. The van der Waals surface area contributed by atoms with Gasteiger partial charge in [0.25, 0.3) is 0 Å². The lowest BCUT2D eigenvalue weighted by atomic mass is 10.0. The molecule has 0 aromatic heterocycles. The van der Waals surface area contributed by atoms with Gasteiger partial charge in [-0.2, -0.15) is 0 Å². The van der Waals surface area contributed by atoms with Gasteiger partial charge in [0.05, 0.1) is 0 Å². The molecule has 0 aromatic rings. The summed E-state index contributed by atoms with van der Waals surface area (Å²) < 4.78 is 17.4. The van der Waals surface area contributed by atoms with Crippen LogP contribution in [0.5, 0.6) is 0 Å². The van der Waals surface area contributed by atoms with Gasteiger partial charge >= 0.3 is 11.9 Å². The van der Waals surface area contributed by atoms with Gasteiger partial charge in [0.1, 0.15) is 19.3 Å². The van der Waals surface area contributed by atoms with Crippen LogP contribution in [0.4, 0.5) is 0 Å². The van der Waals surface area contributed by atoms with E-state index in [4.69, 9.17) is 14.2 Å². The van der Waals surface area contributed by atoms with Crippen molar-refractivity contribution >= 4 is 11.9 Å². The molecule has 0 fully saturated rings. The molecule has 0 unspecified atom stereocenters. The Kier molecular flexibility index (Phi) is 49.9. The zero-order valence-corrected chi connectivity index (χ0v) is 40.5. The zero-order chi connectivity index (χ0) is 43.5. The first-order chi connectivity index (χ1) is 29.6. The van der Waals surface area contributed by atoms with Crippen LogP contribution in [0.2, 0.25) is 0 Å². The highest BCUT2D eigenvalue weighted by atomic mass is 16.6. The number of carbonyl (C=O) groups excluding carboxylic acids is 2. The van der Waals surface area contributed by atoms with Crippen LogP contribution in [0.3, 0.4) is 0 Å². The molecule has 1 atom stereocenters. The molecule has 0 heterocycles. The van der Waals surface area contributed by atoms with Crippen molar-refractivity contribution in [1.82, 2.24) is 0 Å². The Balaban J connectivity index is 4.28. The van der Waals surface area contributed by atoms with Gasteiger partial charge in [0.15, 0.2) is 0 Å². The number of hydrogen-bond acceptors (Lipinski definition) is 5. The van der Waals surface area contributed by atoms with E-state index in [1.54, 1.807) is 0 Å². The maximum Gasteiger partial charge on any atom is 0.305 e. The minimum Gasteiger partial charge on any atom is -0.463 e. The fourth-order valence-electron chi connectivity index (χ4n) is 7.67. The molecule has 0 saturated heterocycles. The molecular weight excluding hydrogens is 741 g/mol. The Morgan fingerprint density at radius 1 is 0.350 bits per heavy atom. The lowest BCUT2D eigenvalue weighted by Gasteiger charge is -2.18. The molecule has 0 aliphatic heterocycles. The van der Waals surface area contributed by atoms with Crippen molar-refractivity contribution in [1.29, 1.82) is 0 Å². The van der Waals surface area contributed by atoms with E-state index in [0.717, 1.165) is 57.8 Å². The second-order valence-corrected chi connectivity index (χ2v) is 17.8. The van der Waals surface area contributed by atoms with Gasteiger partial charge < -0.3 is 14.2 Å². The van der Waals surface area contributed by atoms with Crippen LogP contribution >= 0.6 is 0 Å². The van der Waals surface area contributed by atoms with Crippen LogP contribution in [0.1, 0.15) is 278 Å². The number of hydrogen-bond donors (Lipinski definition) is 0. The van der Waals surface area contributed by atoms with Crippen LogP contribution in [-0.2, 0) is 23.8 Å². The number of esters is 2. The molecule has 0 saturated carbocycles. The molecule has 0 N–H and O–H groups in total.